The molecular formula is C23H37N4O7P. The van der Waals surface area contributed by atoms with Crippen LogP contribution in [0.1, 0.15) is 58.9 Å². The van der Waals surface area contributed by atoms with Crippen molar-refractivity contribution in [3.05, 3.63) is 46.3 Å². The van der Waals surface area contributed by atoms with Gasteiger partial charge in [0, 0.05) is 4.91 Å². The van der Waals surface area contributed by atoms with Crippen LogP contribution < -0.4 is 5.32 Å². The highest BCUT2D eigenvalue weighted by molar-refractivity contribution is 7.48. The Balaban J connectivity index is 2.07. The Labute approximate surface area is 207 Å². The van der Waals surface area contributed by atoms with Crippen LogP contribution >= 0.6 is 7.82 Å². The summed E-state index contributed by atoms with van der Waals surface area (Å²) >= 11 is 0. The molecule has 1 amide bonds. The van der Waals surface area contributed by atoms with Crippen LogP contribution in [0.15, 0.2) is 35.4 Å². The second kappa shape index (κ2) is 15.1. The number of phosphoric ester groups is 1. The summed E-state index contributed by atoms with van der Waals surface area (Å²) in [6.07, 6.45) is 0.680. The highest BCUT2D eigenvalue weighted by Crippen LogP contribution is 2.52. The van der Waals surface area contributed by atoms with E-state index in [1.54, 1.807) is 13.8 Å². The normalized spacial score (nSPS) is 24.4. The maximum atomic E-state index is 13.3. The van der Waals surface area contributed by atoms with Gasteiger partial charge in [-0.15, -0.1) is 0 Å². The maximum absolute atomic E-state index is 13.3. The number of carbonyl (C=O) groups excluding carboxylic acids is 1. The van der Waals surface area contributed by atoms with Gasteiger partial charge < -0.3 is 14.8 Å². The van der Waals surface area contributed by atoms with E-state index in [1.165, 1.54) is 0 Å². The Morgan fingerprint density at radius 2 is 1.77 bits per heavy atom. The van der Waals surface area contributed by atoms with E-state index < -0.39 is 44.3 Å². The van der Waals surface area contributed by atoms with Crippen LogP contribution in [0.5, 0.6) is 0 Å². The first kappa shape index (κ1) is 29.1. The Morgan fingerprint density at radius 3 is 2.34 bits per heavy atom. The van der Waals surface area contributed by atoms with Crippen molar-refractivity contribution in [3.8, 4) is 0 Å². The van der Waals surface area contributed by atoms with Crippen LogP contribution in [0.3, 0.4) is 0 Å². The molecule has 2 rings (SSSR count). The summed E-state index contributed by atoms with van der Waals surface area (Å²) in [5.74, 6) is -0.427. The monoisotopic (exact) mass is 512 g/mol. The summed E-state index contributed by atoms with van der Waals surface area (Å²) in [6, 6.07) is 7.86. The molecule has 0 aliphatic carbocycles. The molecule has 1 saturated heterocycles. The molecule has 1 aromatic carbocycles. The van der Waals surface area contributed by atoms with E-state index in [9.17, 15) is 9.36 Å². The Kier molecular flexibility index (Phi) is 12.5. The molecule has 1 aliphatic heterocycles. The third kappa shape index (κ3) is 9.44. The second-order valence-corrected chi connectivity index (χ2v) is 10.0. The number of nitrogens with one attached hydrogen (secondary N) is 1. The van der Waals surface area contributed by atoms with Crippen LogP contribution in [0, 0.1) is 5.92 Å². The van der Waals surface area contributed by atoms with Crippen molar-refractivity contribution in [2.75, 3.05) is 13.2 Å². The van der Waals surface area contributed by atoms with E-state index in [0.29, 0.717) is 12.8 Å². The van der Waals surface area contributed by atoms with E-state index in [2.05, 4.69) is 15.3 Å². The van der Waals surface area contributed by atoms with Gasteiger partial charge in [-0.05, 0) is 36.8 Å². The number of nitrogens with zero attached hydrogens (tertiary/aromatic N) is 3. The molecule has 196 valence electrons. The molecule has 0 bridgehead atoms. The zero-order valence-corrected chi connectivity index (χ0v) is 21.8. The van der Waals surface area contributed by atoms with Gasteiger partial charge in [0.25, 0.3) is 0 Å². The average Bonchev–Trinajstić information content (AvgIpc) is 2.84. The predicted octanol–water partition coefficient (Wildman–Crippen LogP) is 6.10. The summed E-state index contributed by atoms with van der Waals surface area (Å²) in [5.41, 5.74) is 10.00. The zero-order valence-electron chi connectivity index (χ0n) is 20.9. The number of carbonyl (C=O) groups is 1. The SMILES string of the molecule is CCCCOP(=O)(OCCCC)OC1OC(C)[C@H](NC(=O)OCc2ccccc2)[C@H](C)C1N=[N+]=[N-]. The molecule has 11 nitrogen and oxygen atoms in total. The minimum absolute atomic E-state index is 0.113. The lowest BCUT2D eigenvalue weighted by Gasteiger charge is -2.43. The Hall–Kier alpha value is -2.13. The number of amides is 1. The molecule has 35 heavy (non-hydrogen) atoms. The van der Waals surface area contributed by atoms with Gasteiger partial charge in [0.1, 0.15) is 6.61 Å². The van der Waals surface area contributed by atoms with Gasteiger partial charge in [-0.25, -0.2) is 9.36 Å². The molecule has 0 spiro atoms. The van der Waals surface area contributed by atoms with Crippen molar-refractivity contribution in [1.82, 2.24) is 5.32 Å². The van der Waals surface area contributed by atoms with Crippen molar-refractivity contribution in [2.45, 2.75) is 84.5 Å². The number of hydrogen-bond donors (Lipinski definition) is 1. The highest BCUT2D eigenvalue weighted by atomic mass is 31.2. The van der Waals surface area contributed by atoms with E-state index in [4.69, 9.17) is 28.6 Å². The molecule has 1 fully saturated rings. The standard InChI is InChI=1S/C23H37N4O7P/c1-5-7-14-31-35(29,32-15-8-6-2)34-22-21(26-27-24)17(3)20(18(4)33-22)25-23(28)30-16-19-12-10-9-11-13-19/h9-13,17-18,20-22H,5-8,14-16H2,1-4H3,(H,25,28)/t17-,18?,20+,21?,22?/m0/s1. The second-order valence-electron chi connectivity index (χ2n) is 8.42. The van der Waals surface area contributed by atoms with E-state index in [-0.39, 0.29) is 19.8 Å². The first-order valence-electron chi connectivity index (χ1n) is 12.1. The van der Waals surface area contributed by atoms with Gasteiger partial charge >= 0.3 is 13.9 Å². The molecule has 5 atom stereocenters. The minimum Gasteiger partial charge on any atom is -0.445 e. The summed E-state index contributed by atoms with van der Waals surface area (Å²) < 4.78 is 41.2. The van der Waals surface area contributed by atoms with Gasteiger partial charge in [0.05, 0.1) is 31.4 Å². The number of rotatable bonds is 14. The third-order valence-corrected chi connectivity index (χ3v) is 7.11. The number of azide groups is 1. The van der Waals surface area contributed by atoms with Crippen LogP contribution in [-0.4, -0.2) is 43.8 Å². The van der Waals surface area contributed by atoms with Gasteiger partial charge in [-0.1, -0.05) is 69.1 Å². The molecule has 0 aromatic heterocycles. The number of ether oxygens (including phenoxy) is 2. The predicted molar refractivity (Wildman–Crippen MR) is 130 cm³/mol. The van der Waals surface area contributed by atoms with Gasteiger partial charge in [0.15, 0.2) is 6.29 Å². The van der Waals surface area contributed by atoms with Crippen molar-refractivity contribution < 1.29 is 32.4 Å². The smallest absolute Gasteiger partial charge is 0.445 e. The number of benzene rings is 1. The topological polar surface area (TPSA) is 141 Å². The minimum atomic E-state index is -3.97. The largest absolute Gasteiger partial charge is 0.477 e. The van der Waals surface area contributed by atoms with Crippen LogP contribution in [0.2, 0.25) is 0 Å². The molecule has 1 aliphatic rings. The first-order valence-corrected chi connectivity index (χ1v) is 13.5. The molecule has 12 heteroatoms. The fourth-order valence-electron chi connectivity index (χ4n) is 3.59. The van der Waals surface area contributed by atoms with Crippen molar-refractivity contribution in [2.24, 2.45) is 11.0 Å². The van der Waals surface area contributed by atoms with Gasteiger partial charge in [-0.2, -0.15) is 0 Å². The molecule has 1 N–H and O–H groups in total. The lowest BCUT2D eigenvalue weighted by molar-refractivity contribution is -0.186. The third-order valence-electron chi connectivity index (χ3n) is 5.65. The number of unbranched alkanes of at least 4 members (excludes halogenated alkanes) is 2. The first-order chi connectivity index (χ1) is 16.8. The van der Waals surface area contributed by atoms with Gasteiger partial charge in [-0.3, -0.25) is 13.6 Å². The number of phosphoric acid groups is 1. The summed E-state index contributed by atoms with van der Waals surface area (Å²) in [6.45, 7) is 8.00. The lowest BCUT2D eigenvalue weighted by Crippen LogP contribution is -2.58. The van der Waals surface area contributed by atoms with Crippen LogP contribution in [-0.2, 0) is 34.2 Å². The lowest BCUT2D eigenvalue weighted by atomic mass is 9.87. The summed E-state index contributed by atoms with van der Waals surface area (Å²) in [5, 5.41) is 6.60. The Morgan fingerprint density at radius 1 is 1.14 bits per heavy atom. The fraction of sp³-hybridized carbons (Fsp3) is 0.696. The molecule has 0 saturated carbocycles. The maximum Gasteiger partial charge on any atom is 0.477 e. The molecule has 0 radical (unpaired) electrons. The highest BCUT2D eigenvalue weighted by Gasteiger charge is 2.46. The molecular weight excluding hydrogens is 475 g/mol. The van der Waals surface area contributed by atoms with E-state index in [1.807, 2.05) is 44.2 Å². The molecule has 1 heterocycles. The van der Waals surface area contributed by atoms with E-state index in [0.717, 1.165) is 18.4 Å². The molecule has 1 aromatic rings. The van der Waals surface area contributed by atoms with Crippen molar-refractivity contribution in [3.63, 3.8) is 0 Å². The fourth-order valence-corrected chi connectivity index (χ4v) is 4.92. The van der Waals surface area contributed by atoms with Crippen LogP contribution in [0.4, 0.5) is 4.79 Å². The summed E-state index contributed by atoms with van der Waals surface area (Å²) in [4.78, 5) is 15.3. The van der Waals surface area contributed by atoms with Crippen molar-refractivity contribution >= 4 is 13.9 Å². The quantitative estimate of drug-likeness (QED) is 0.104. The zero-order chi connectivity index (χ0) is 25.7. The van der Waals surface area contributed by atoms with E-state index >= 15 is 0 Å². The molecule has 3 unspecified atom stereocenters. The average molecular weight is 513 g/mol. The van der Waals surface area contributed by atoms with Gasteiger partial charge in [0.2, 0.25) is 0 Å². The van der Waals surface area contributed by atoms with Crippen LogP contribution in [0.25, 0.3) is 10.4 Å². The number of hydrogen-bond acceptors (Lipinski definition) is 8. The van der Waals surface area contributed by atoms with Crippen molar-refractivity contribution in [1.29, 1.82) is 0 Å². The summed E-state index contributed by atoms with van der Waals surface area (Å²) in [7, 11) is -3.97. The Bertz CT molecular complexity index is 855. The number of alkyl carbamates (subject to hydrolysis) is 1.